The van der Waals surface area contributed by atoms with E-state index in [0.29, 0.717) is 16.7 Å². The van der Waals surface area contributed by atoms with Gasteiger partial charge in [0.1, 0.15) is 6.17 Å². The number of rotatable bonds is 2. The minimum Gasteiger partial charge on any atom is -0.348 e. The summed E-state index contributed by atoms with van der Waals surface area (Å²) in [6.45, 7) is 0. The van der Waals surface area contributed by atoms with Gasteiger partial charge in [-0.15, -0.1) is 0 Å². The first-order valence-corrected chi connectivity index (χ1v) is 9.58. The number of hydrogen-bond acceptors (Lipinski definition) is 3. The number of halogens is 7. The zero-order chi connectivity index (χ0) is 23.4. The van der Waals surface area contributed by atoms with Crippen LogP contribution in [0.15, 0.2) is 59.6 Å². The summed E-state index contributed by atoms with van der Waals surface area (Å²) in [5.74, 6) is -2.22. The lowest BCUT2D eigenvalue weighted by atomic mass is 9.91. The first-order valence-electron chi connectivity index (χ1n) is 9.20. The molecule has 32 heavy (non-hydrogen) atoms. The average molecular weight is 471 g/mol. The zero-order valence-corrected chi connectivity index (χ0v) is 17.0. The van der Waals surface area contributed by atoms with Crippen molar-refractivity contribution >= 4 is 39.6 Å². The minimum atomic E-state index is -5.25. The lowest BCUT2D eigenvalue weighted by Gasteiger charge is -2.36. The molecule has 0 fully saturated rings. The van der Waals surface area contributed by atoms with Crippen molar-refractivity contribution in [3.8, 4) is 0 Å². The number of Topliss-reactive ketones (excluding diaryl/α,β-unsaturated/α-hetero) is 1. The van der Waals surface area contributed by atoms with Crippen molar-refractivity contribution in [2.45, 2.75) is 18.5 Å². The first kappa shape index (κ1) is 22.1. The van der Waals surface area contributed by atoms with Crippen molar-refractivity contribution in [3.05, 3.63) is 76.3 Å². The van der Waals surface area contributed by atoms with Crippen molar-refractivity contribution in [1.82, 2.24) is 0 Å². The van der Waals surface area contributed by atoms with Crippen LogP contribution in [0.1, 0.15) is 27.7 Å². The van der Waals surface area contributed by atoms with E-state index in [4.69, 9.17) is 11.6 Å². The highest BCUT2D eigenvalue weighted by Gasteiger charge is 2.45. The van der Waals surface area contributed by atoms with Gasteiger partial charge in [0.2, 0.25) is 0 Å². The molecule has 166 valence electrons. The van der Waals surface area contributed by atoms with Crippen LogP contribution < -0.4 is 4.90 Å². The number of ketones is 1. The molecule has 0 saturated heterocycles. The minimum absolute atomic E-state index is 0.0293. The fourth-order valence-electron chi connectivity index (χ4n) is 3.82. The number of fused-ring (bicyclic) bond motifs is 3. The van der Waals surface area contributed by atoms with Gasteiger partial charge in [0.15, 0.2) is 5.71 Å². The molecule has 1 aliphatic rings. The molecule has 10 heteroatoms. The van der Waals surface area contributed by atoms with E-state index in [9.17, 15) is 31.1 Å². The Morgan fingerprint density at radius 2 is 1.56 bits per heavy atom. The van der Waals surface area contributed by atoms with Crippen LogP contribution in [0.4, 0.5) is 32.0 Å². The summed E-state index contributed by atoms with van der Waals surface area (Å²) in [6.07, 6.45) is -11.3. The molecule has 1 heterocycles. The average Bonchev–Trinajstić information content (AvgIpc) is 2.72. The van der Waals surface area contributed by atoms with Gasteiger partial charge in [-0.1, -0.05) is 48.0 Å². The third-order valence-electron chi connectivity index (χ3n) is 5.18. The number of aliphatic imine (C=N–C) groups is 1. The second-order valence-corrected chi connectivity index (χ2v) is 7.64. The van der Waals surface area contributed by atoms with Gasteiger partial charge in [0, 0.05) is 28.6 Å². The SMILES string of the molecule is CN1c2c(cc(C(=O)C(F)(F)F)c3ccccc23)C(C(F)(F)F)=NC1c1ccc(Cl)cc1. The largest absolute Gasteiger partial charge is 0.454 e. The van der Waals surface area contributed by atoms with E-state index in [-0.39, 0.29) is 16.5 Å². The maximum Gasteiger partial charge on any atom is 0.454 e. The molecule has 0 aliphatic carbocycles. The van der Waals surface area contributed by atoms with Crippen molar-refractivity contribution in [2.24, 2.45) is 4.99 Å². The second-order valence-electron chi connectivity index (χ2n) is 7.20. The van der Waals surface area contributed by atoms with Crippen LogP contribution >= 0.6 is 11.6 Å². The van der Waals surface area contributed by atoms with E-state index in [1.54, 1.807) is 0 Å². The van der Waals surface area contributed by atoms with E-state index in [1.807, 2.05) is 0 Å². The Hall–Kier alpha value is -3.07. The monoisotopic (exact) mass is 470 g/mol. The smallest absolute Gasteiger partial charge is 0.348 e. The summed E-state index contributed by atoms with van der Waals surface area (Å²) in [5, 5.41) is 0.364. The standard InChI is InChI=1S/C22H13ClF6N2O/c1-31-17-14-5-3-2-4-13(14)15(19(32)22(27,28)29)10-16(17)18(21(24,25)26)30-20(31)11-6-8-12(23)9-7-11/h2-10,20H,1H3. The number of carbonyl (C=O) groups is 1. The van der Waals surface area contributed by atoms with Gasteiger partial charge in [-0.2, -0.15) is 26.3 Å². The van der Waals surface area contributed by atoms with E-state index in [1.165, 1.54) is 60.5 Å². The number of hydrogen-bond donors (Lipinski definition) is 0. The quantitative estimate of drug-likeness (QED) is 0.307. The number of carbonyl (C=O) groups excluding carboxylic acids is 1. The van der Waals surface area contributed by atoms with Crippen LogP contribution in [-0.2, 0) is 0 Å². The molecule has 0 saturated carbocycles. The lowest BCUT2D eigenvalue weighted by molar-refractivity contribution is -0.0884. The van der Waals surface area contributed by atoms with Crippen LogP contribution in [0.2, 0.25) is 5.02 Å². The molecule has 1 unspecified atom stereocenters. The Bertz CT molecular complexity index is 1250. The predicted octanol–water partition coefficient (Wildman–Crippen LogP) is 6.74. The Morgan fingerprint density at radius 3 is 2.12 bits per heavy atom. The molecule has 0 N–H and O–H groups in total. The molecular formula is C22H13ClF6N2O. The molecule has 3 aromatic carbocycles. The van der Waals surface area contributed by atoms with Crippen LogP contribution in [0.3, 0.4) is 0 Å². The predicted molar refractivity (Wildman–Crippen MR) is 110 cm³/mol. The summed E-state index contributed by atoms with van der Waals surface area (Å²) in [5.41, 5.74) is -2.36. The highest BCUT2D eigenvalue weighted by atomic mass is 35.5. The summed E-state index contributed by atoms with van der Waals surface area (Å²) < 4.78 is 81.6. The summed E-state index contributed by atoms with van der Waals surface area (Å²) in [4.78, 5) is 17.3. The highest BCUT2D eigenvalue weighted by Crippen LogP contribution is 2.44. The van der Waals surface area contributed by atoms with Gasteiger partial charge in [-0.3, -0.25) is 9.79 Å². The Morgan fingerprint density at radius 1 is 0.969 bits per heavy atom. The molecule has 0 spiro atoms. The second kappa shape index (κ2) is 7.51. The highest BCUT2D eigenvalue weighted by molar-refractivity contribution is 6.30. The van der Waals surface area contributed by atoms with Crippen molar-refractivity contribution in [1.29, 1.82) is 0 Å². The first-order chi connectivity index (χ1) is 14.9. The van der Waals surface area contributed by atoms with E-state index < -0.39 is 41.1 Å². The molecular weight excluding hydrogens is 458 g/mol. The van der Waals surface area contributed by atoms with Crippen LogP contribution in [0.25, 0.3) is 10.8 Å². The number of anilines is 1. The lowest BCUT2D eigenvalue weighted by Crippen LogP contribution is -2.36. The van der Waals surface area contributed by atoms with Gasteiger partial charge in [0.25, 0.3) is 5.78 Å². The Balaban J connectivity index is 2.05. The van der Waals surface area contributed by atoms with Gasteiger partial charge >= 0.3 is 12.4 Å². The fraction of sp³-hybridized carbons (Fsp3) is 0.182. The summed E-state index contributed by atoms with van der Waals surface area (Å²) in [7, 11) is 1.49. The molecule has 0 amide bonds. The molecule has 3 aromatic rings. The van der Waals surface area contributed by atoms with Gasteiger partial charge in [-0.25, -0.2) is 0 Å². The molecule has 0 radical (unpaired) electrons. The van der Waals surface area contributed by atoms with Crippen LogP contribution in [-0.4, -0.2) is 30.9 Å². The van der Waals surface area contributed by atoms with Gasteiger partial charge < -0.3 is 4.90 Å². The van der Waals surface area contributed by atoms with Crippen LogP contribution in [0.5, 0.6) is 0 Å². The number of nitrogens with zero attached hydrogens (tertiary/aromatic N) is 2. The van der Waals surface area contributed by atoms with Crippen molar-refractivity contribution in [3.63, 3.8) is 0 Å². The zero-order valence-electron chi connectivity index (χ0n) is 16.2. The van der Waals surface area contributed by atoms with Gasteiger partial charge in [-0.05, 0) is 29.1 Å². The third kappa shape index (κ3) is 3.70. The topological polar surface area (TPSA) is 32.7 Å². The van der Waals surface area contributed by atoms with Crippen molar-refractivity contribution < 1.29 is 31.1 Å². The van der Waals surface area contributed by atoms with E-state index in [0.717, 1.165) is 0 Å². The number of alkyl halides is 6. The van der Waals surface area contributed by atoms with E-state index >= 15 is 0 Å². The molecule has 3 nitrogen and oxygen atoms in total. The van der Waals surface area contributed by atoms with Crippen molar-refractivity contribution in [2.75, 3.05) is 11.9 Å². The van der Waals surface area contributed by atoms with Crippen LogP contribution in [0, 0.1) is 0 Å². The number of benzene rings is 3. The molecule has 4 rings (SSSR count). The normalized spacial score (nSPS) is 16.7. The molecule has 1 atom stereocenters. The molecule has 1 aliphatic heterocycles. The maximum atomic E-state index is 14.0. The molecule has 0 aromatic heterocycles. The van der Waals surface area contributed by atoms with E-state index in [2.05, 4.69) is 4.99 Å². The maximum absolute atomic E-state index is 14.0. The summed E-state index contributed by atoms with van der Waals surface area (Å²) in [6, 6.07) is 12.3. The fourth-order valence-corrected chi connectivity index (χ4v) is 3.95. The summed E-state index contributed by atoms with van der Waals surface area (Å²) >= 11 is 5.88. The Labute approximate surface area is 182 Å². The van der Waals surface area contributed by atoms with Gasteiger partial charge in [0.05, 0.1) is 5.69 Å². The Kier molecular flexibility index (Phi) is 5.20. The molecule has 0 bridgehead atoms. The third-order valence-corrected chi connectivity index (χ3v) is 5.43.